The van der Waals surface area contributed by atoms with E-state index in [0.29, 0.717) is 13.1 Å². The molecule has 1 fully saturated rings. The van der Waals surface area contributed by atoms with E-state index in [1.807, 2.05) is 48.8 Å². The minimum Gasteiger partial charge on any atom is -0.396 e. The van der Waals surface area contributed by atoms with Gasteiger partial charge >= 0.3 is 6.03 Å². The molecule has 6 nitrogen and oxygen atoms in total. The van der Waals surface area contributed by atoms with Gasteiger partial charge in [-0.3, -0.25) is 4.57 Å². The summed E-state index contributed by atoms with van der Waals surface area (Å²) in [7, 11) is 0. The van der Waals surface area contributed by atoms with Gasteiger partial charge in [0, 0.05) is 31.9 Å². The smallest absolute Gasteiger partial charge is 0.317 e. The molecular weight excluding hydrogens is 340 g/mol. The van der Waals surface area contributed by atoms with E-state index in [2.05, 4.69) is 20.9 Å². The molecule has 2 heterocycles. The molecule has 0 unspecified atom stereocenters. The summed E-state index contributed by atoms with van der Waals surface area (Å²) < 4.78 is 2.06. The summed E-state index contributed by atoms with van der Waals surface area (Å²) >= 11 is 0. The first-order valence-corrected chi connectivity index (χ1v) is 9.39. The van der Waals surface area contributed by atoms with Crippen molar-refractivity contribution in [2.24, 2.45) is 5.92 Å². The normalized spacial score (nSPS) is 17.2. The highest BCUT2D eigenvalue weighted by molar-refractivity contribution is 5.77. The lowest BCUT2D eigenvalue weighted by atomic mass is 9.99. The van der Waals surface area contributed by atoms with Gasteiger partial charge in [-0.05, 0) is 48.6 Å². The number of urea groups is 1. The zero-order valence-electron chi connectivity index (χ0n) is 15.2. The van der Waals surface area contributed by atoms with E-state index in [4.69, 9.17) is 0 Å². The molecule has 2 N–H and O–H groups in total. The topological polar surface area (TPSA) is 70.4 Å². The number of para-hydroxylation sites is 2. The molecule has 4 rings (SSSR count). The van der Waals surface area contributed by atoms with Crippen LogP contribution >= 0.6 is 0 Å². The Balaban J connectivity index is 1.39. The Labute approximate surface area is 158 Å². The van der Waals surface area contributed by atoms with Crippen LogP contribution in [0.15, 0.2) is 54.9 Å². The third kappa shape index (κ3) is 3.80. The number of aliphatic hydroxyl groups excluding tert-OH is 1. The number of hydrogen-bond acceptors (Lipinski definition) is 3. The second-order valence-corrected chi connectivity index (χ2v) is 7.07. The first-order chi connectivity index (χ1) is 13.2. The Hall–Kier alpha value is -2.86. The molecule has 1 aliphatic rings. The predicted molar refractivity (Wildman–Crippen MR) is 105 cm³/mol. The molecule has 6 heteroatoms. The van der Waals surface area contributed by atoms with Gasteiger partial charge in [0.1, 0.15) is 6.33 Å². The Morgan fingerprint density at radius 2 is 2.00 bits per heavy atom. The van der Waals surface area contributed by atoms with Gasteiger partial charge in [0.2, 0.25) is 0 Å². The van der Waals surface area contributed by atoms with Crippen LogP contribution in [0, 0.1) is 5.92 Å². The molecule has 0 radical (unpaired) electrons. The van der Waals surface area contributed by atoms with Crippen molar-refractivity contribution >= 4 is 17.1 Å². The molecule has 1 aromatic heterocycles. The van der Waals surface area contributed by atoms with Gasteiger partial charge in [-0.1, -0.05) is 24.3 Å². The minimum atomic E-state index is -0.0576. The second-order valence-electron chi connectivity index (χ2n) is 7.07. The maximum atomic E-state index is 12.4. The number of nitrogens with zero attached hydrogens (tertiary/aromatic N) is 3. The maximum Gasteiger partial charge on any atom is 0.317 e. The van der Waals surface area contributed by atoms with Crippen LogP contribution in [0.25, 0.3) is 16.7 Å². The summed E-state index contributed by atoms with van der Waals surface area (Å²) in [4.78, 5) is 18.6. The van der Waals surface area contributed by atoms with Crippen LogP contribution in [0.2, 0.25) is 0 Å². The molecule has 2 aromatic carbocycles. The molecule has 0 saturated carbocycles. The SMILES string of the molecule is O=C(NCc1ccc(-n2cnc3ccccc32)cc1)N1CCC[C@H](CO)C1. The highest BCUT2D eigenvalue weighted by Gasteiger charge is 2.22. The van der Waals surface area contributed by atoms with Crippen LogP contribution in [-0.4, -0.2) is 45.3 Å². The van der Waals surface area contributed by atoms with Gasteiger partial charge in [-0.25, -0.2) is 9.78 Å². The number of amides is 2. The van der Waals surface area contributed by atoms with E-state index in [1.165, 1.54) is 0 Å². The van der Waals surface area contributed by atoms with E-state index >= 15 is 0 Å². The van der Waals surface area contributed by atoms with Crippen molar-refractivity contribution in [1.82, 2.24) is 19.8 Å². The highest BCUT2D eigenvalue weighted by Crippen LogP contribution is 2.19. The van der Waals surface area contributed by atoms with Crippen molar-refractivity contribution in [3.05, 3.63) is 60.4 Å². The fourth-order valence-electron chi connectivity index (χ4n) is 3.63. The molecule has 3 aromatic rings. The molecule has 0 aliphatic carbocycles. The number of hydrogen-bond donors (Lipinski definition) is 2. The van der Waals surface area contributed by atoms with Crippen LogP contribution in [0.4, 0.5) is 4.79 Å². The number of benzene rings is 2. The van der Waals surface area contributed by atoms with E-state index in [-0.39, 0.29) is 18.6 Å². The highest BCUT2D eigenvalue weighted by atomic mass is 16.3. The molecule has 0 bridgehead atoms. The van der Waals surface area contributed by atoms with E-state index < -0.39 is 0 Å². The number of carbonyl (C=O) groups is 1. The number of imidazole rings is 1. The largest absolute Gasteiger partial charge is 0.396 e. The van der Waals surface area contributed by atoms with Crippen LogP contribution in [-0.2, 0) is 6.54 Å². The lowest BCUT2D eigenvalue weighted by Crippen LogP contribution is -2.45. The lowest BCUT2D eigenvalue weighted by molar-refractivity contribution is 0.129. The maximum absolute atomic E-state index is 12.4. The predicted octanol–water partition coefficient (Wildman–Crippen LogP) is 2.94. The number of rotatable bonds is 4. The molecule has 27 heavy (non-hydrogen) atoms. The fourth-order valence-corrected chi connectivity index (χ4v) is 3.63. The third-order valence-corrected chi connectivity index (χ3v) is 5.18. The third-order valence-electron chi connectivity index (χ3n) is 5.18. The molecule has 140 valence electrons. The van der Waals surface area contributed by atoms with Crippen LogP contribution in [0.3, 0.4) is 0 Å². The van der Waals surface area contributed by atoms with Crippen molar-refractivity contribution in [2.45, 2.75) is 19.4 Å². The molecule has 0 spiro atoms. The number of aliphatic hydroxyl groups is 1. The Morgan fingerprint density at radius 3 is 2.81 bits per heavy atom. The van der Waals surface area contributed by atoms with Gasteiger partial charge in [0.15, 0.2) is 0 Å². The quantitative estimate of drug-likeness (QED) is 0.748. The van der Waals surface area contributed by atoms with Gasteiger partial charge in [-0.2, -0.15) is 0 Å². The molecule has 1 saturated heterocycles. The average molecular weight is 364 g/mol. The zero-order chi connectivity index (χ0) is 18.6. The summed E-state index contributed by atoms with van der Waals surface area (Å²) in [5.41, 5.74) is 4.13. The van der Waals surface area contributed by atoms with E-state index in [0.717, 1.165) is 41.7 Å². The average Bonchev–Trinajstić information content (AvgIpc) is 3.16. The Bertz CT molecular complexity index is 919. The number of aromatic nitrogens is 2. The summed E-state index contributed by atoms with van der Waals surface area (Å²) in [6.45, 7) is 2.03. The van der Waals surface area contributed by atoms with Crippen molar-refractivity contribution in [3.63, 3.8) is 0 Å². The first-order valence-electron chi connectivity index (χ1n) is 9.39. The van der Waals surface area contributed by atoms with Crippen molar-refractivity contribution < 1.29 is 9.90 Å². The minimum absolute atomic E-state index is 0.0576. The van der Waals surface area contributed by atoms with Gasteiger partial charge in [-0.15, -0.1) is 0 Å². The Kier molecular flexibility index (Phi) is 5.07. The van der Waals surface area contributed by atoms with Gasteiger partial charge in [0.05, 0.1) is 11.0 Å². The molecule has 1 atom stereocenters. The number of likely N-dealkylation sites (tertiary alicyclic amines) is 1. The van der Waals surface area contributed by atoms with Gasteiger partial charge in [0.25, 0.3) is 0 Å². The van der Waals surface area contributed by atoms with Crippen LogP contribution in [0.1, 0.15) is 18.4 Å². The van der Waals surface area contributed by atoms with E-state index in [9.17, 15) is 9.90 Å². The first kappa shape index (κ1) is 17.5. The second kappa shape index (κ2) is 7.80. The number of nitrogens with one attached hydrogen (secondary N) is 1. The molecular formula is C21H24N4O2. The summed E-state index contributed by atoms with van der Waals surface area (Å²) in [6, 6.07) is 16.1. The van der Waals surface area contributed by atoms with E-state index in [1.54, 1.807) is 4.90 Å². The summed E-state index contributed by atoms with van der Waals surface area (Å²) in [6.07, 6.45) is 3.77. The Morgan fingerprint density at radius 1 is 1.19 bits per heavy atom. The van der Waals surface area contributed by atoms with Crippen molar-refractivity contribution in [3.8, 4) is 5.69 Å². The monoisotopic (exact) mass is 364 g/mol. The van der Waals surface area contributed by atoms with Crippen LogP contribution < -0.4 is 5.32 Å². The molecule has 1 aliphatic heterocycles. The number of piperidine rings is 1. The van der Waals surface area contributed by atoms with Crippen molar-refractivity contribution in [1.29, 1.82) is 0 Å². The zero-order valence-corrected chi connectivity index (χ0v) is 15.2. The number of carbonyl (C=O) groups excluding carboxylic acids is 1. The summed E-state index contributed by atoms with van der Waals surface area (Å²) in [5.74, 6) is 0.203. The van der Waals surface area contributed by atoms with Crippen molar-refractivity contribution in [2.75, 3.05) is 19.7 Å². The molecule has 2 amide bonds. The summed E-state index contributed by atoms with van der Waals surface area (Å²) in [5, 5.41) is 12.3. The lowest BCUT2D eigenvalue weighted by Gasteiger charge is -2.31. The number of fused-ring (bicyclic) bond motifs is 1. The van der Waals surface area contributed by atoms with Gasteiger partial charge < -0.3 is 15.3 Å². The fraction of sp³-hybridized carbons (Fsp3) is 0.333. The van der Waals surface area contributed by atoms with Crippen LogP contribution in [0.5, 0.6) is 0 Å². The standard InChI is InChI=1S/C21H24N4O2/c26-14-17-4-3-11-24(13-17)21(27)22-12-16-7-9-18(10-8-16)25-15-23-19-5-1-2-6-20(19)25/h1-2,5-10,15,17,26H,3-4,11-14H2,(H,22,27)/t17-/m0/s1.